The Hall–Kier alpha value is -1.63. The lowest BCUT2D eigenvalue weighted by Gasteiger charge is -2.22. The SMILES string of the molecule is O=C(Nc1cccc(-c2nc(Cl)cs2)c1)OCC1CCNCC1. The van der Waals surface area contributed by atoms with Gasteiger partial charge in [-0.25, -0.2) is 9.78 Å². The predicted octanol–water partition coefficient (Wildman–Crippen LogP) is 4.01. The Labute approximate surface area is 144 Å². The van der Waals surface area contributed by atoms with Gasteiger partial charge in [0.25, 0.3) is 0 Å². The number of benzene rings is 1. The van der Waals surface area contributed by atoms with Crippen molar-refractivity contribution in [2.75, 3.05) is 25.0 Å². The van der Waals surface area contributed by atoms with Crippen molar-refractivity contribution in [3.8, 4) is 10.6 Å². The molecule has 5 nitrogen and oxygen atoms in total. The monoisotopic (exact) mass is 351 g/mol. The van der Waals surface area contributed by atoms with E-state index < -0.39 is 6.09 Å². The largest absolute Gasteiger partial charge is 0.449 e. The lowest BCUT2D eigenvalue weighted by atomic mass is 9.99. The maximum absolute atomic E-state index is 11.9. The topological polar surface area (TPSA) is 63.2 Å². The Morgan fingerprint density at radius 1 is 1.43 bits per heavy atom. The molecule has 2 heterocycles. The van der Waals surface area contributed by atoms with Crippen molar-refractivity contribution in [1.82, 2.24) is 10.3 Å². The molecule has 1 amide bonds. The van der Waals surface area contributed by atoms with Crippen molar-refractivity contribution in [3.63, 3.8) is 0 Å². The predicted molar refractivity (Wildman–Crippen MR) is 93.1 cm³/mol. The molecule has 3 rings (SSSR count). The second-order valence-electron chi connectivity index (χ2n) is 5.47. The van der Waals surface area contributed by atoms with E-state index in [2.05, 4.69) is 15.6 Å². The average Bonchev–Trinajstić information content (AvgIpc) is 3.01. The highest BCUT2D eigenvalue weighted by Crippen LogP contribution is 2.27. The van der Waals surface area contributed by atoms with E-state index in [0.717, 1.165) is 36.5 Å². The molecule has 0 aliphatic carbocycles. The van der Waals surface area contributed by atoms with Gasteiger partial charge in [-0.05, 0) is 44.0 Å². The molecule has 0 saturated carbocycles. The van der Waals surface area contributed by atoms with E-state index in [4.69, 9.17) is 16.3 Å². The molecular weight excluding hydrogens is 334 g/mol. The van der Waals surface area contributed by atoms with E-state index in [1.165, 1.54) is 11.3 Å². The van der Waals surface area contributed by atoms with E-state index in [0.29, 0.717) is 23.4 Å². The number of thiazole rings is 1. The van der Waals surface area contributed by atoms with Gasteiger partial charge < -0.3 is 10.1 Å². The molecule has 2 aromatic rings. The van der Waals surface area contributed by atoms with E-state index in [1.807, 2.05) is 24.3 Å². The van der Waals surface area contributed by atoms with Gasteiger partial charge in [-0.15, -0.1) is 11.3 Å². The van der Waals surface area contributed by atoms with Gasteiger partial charge in [0.05, 0.1) is 6.61 Å². The number of hydrogen-bond acceptors (Lipinski definition) is 5. The number of halogens is 1. The van der Waals surface area contributed by atoms with Gasteiger partial charge in [0.15, 0.2) is 0 Å². The highest BCUT2D eigenvalue weighted by molar-refractivity contribution is 7.13. The van der Waals surface area contributed by atoms with E-state index in [-0.39, 0.29) is 0 Å². The van der Waals surface area contributed by atoms with Crippen LogP contribution in [-0.4, -0.2) is 30.8 Å². The van der Waals surface area contributed by atoms with Crippen LogP contribution in [0.4, 0.5) is 10.5 Å². The first-order valence-electron chi connectivity index (χ1n) is 7.56. The number of ether oxygens (including phenoxy) is 1. The van der Waals surface area contributed by atoms with Crippen molar-refractivity contribution < 1.29 is 9.53 Å². The Morgan fingerprint density at radius 2 is 2.26 bits per heavy atom. The van der Waals surface area contributed by atoms with Crippen LogP contribution in [-0.2, 0) is 4.74 Å². The standard InChI is InChI=1S/C16H18ClN3O2S/c17-14-10-23-15(20-14)12-2-1-3-13(8-12)19-16(21)22-9-11-4-6-18-7-5-11/h1-3,8,10-11,18H,4-7,9H2,(H,19,21). The van der Waals surface area contributed by atoms with Crippen molar-refractivity contribution in [1.29, 1.82) is 0 Å². The third kappa shape index (κ3) is 4.67. The quantitative estimate of drug-likeness (QED) is 0.873. The second-order valence-corrected chi connectivity index (χ2v) is 6.72. The van der Waals surface area contributed by atoms with Crippen LogP contribution in [0.25, 0.3) is 10.6 Å². The summed E-state index contributed by atoms with van der Waals surface area (Å²) in [6.45, 7) is 2.46. The van der Waals surface area contributed by atoms with Crippen molar-refractivity contribution in [2.45, 2.75) is 12.8 Å². The minimum absolute atomic E-state index is 0.419. The first kappa shape index (κ1) is 16.2. The van der Waals surface area contributed by atoms with Gasteiger partial charge in [-0.2, -0.15) is 0 Å². The van der Waals surface area contributed by atoms with E-state index >= 15 is 0 Å². The molecule has 1 saturated heterocycles. The number of hydrogen-bond donors (Lipinski definition) is 2. The van der Waals surface area contributed by atoms with Crippen LogP contribution in [0.1, 0.15) is 12.8 Å². The number of aromatic nitrogens is 1. The highest BCUT2D eigenvalue weighted by atomic mass is 35.5. The summed E-state index contributed by atoms with van der Waals surface area (Å²) in [5, 5.41) is 9.14. The molecular formula is C16H18ClN3O2S. The summed E-state index contributed by atoms with van der Waals surface area (Å²) in [6, 6.07) is 7.49. The van der Waals surface area contributed by atoms with Gasteiger partial charge in [0, 0.05) is 16.6 Å². The van der Waals surface area contributed by atoms with Gasteiger partial charge in [-0.3, -0.25) is 5.32 Å². The molecule has 0 spiro atoms. The normalized spacial score (nSPS) is 15.3. The Balaban J connectivity index is 1.56. The zero-order chi connectivity index (χ0) is 16.1. The minimum Gasteiger partial charge on any atom is -0.449 e. The van der Waals surface area contributed by atoms with Crippen LogP contribution in [0.3, 0.4) is 0 Å². The number of rotatable bonds is 4. The maximum atomic E-state index is 11.9. The molecule has 2 N–H and O–H groups in total. The van der Waals surface area contributed by atoms with Gasteiger partial charge in [0.2, 0.25) is 0 Å². The smallest absolute Gasteiger partial charge is 0.411 e. The summed E-state index contributed by atoms with van der Waals surface area (Å²) in [7, 11) is 0. The van der Waals surface area contributed by atoms with Crippen LogP contribution in [0.2, 0.25) is 5.15 Å². The van der Waals surface area contributed by atoms with E-state index in [1.54, 1.807) is 5.38 Å². The number of nitrogens with zero attached hydrogens (tertiary/aromatic N) is 1. The fraction of sp³-hybridized carbons (Fsp3) is 0.375. The zero-order valence-electron chi connectivity index (χ0n) is 12.5. The van der Waals surface area contributed by atoms with Crippen molar-refractivity contribution in [3.05, 3.63) is 34.8 Å². The molecule has 1 aromatic heterocycles. The molecule has 0 radical (unpaired) electrons. The summed E-state index contributed by atoms with van der Waals surface area (Å²) in [4.78, 5) is 16.2. The molecule has 122 valence electrons. The molecule has 0 atom stereocenters. The van der Waals surface area contributed by atoms with Gasteiger partial charge >= 0.3 is 6.09 Å². The molecule has 1 aliphatic rings. The van der Waals surface area contributed by atoms with E-state index in [9.17, 15) is 4.79 Å². The molecule has 1 aromatic carbocycles. The Morgan fingerprint density at radius 3 is 3.00 bits per heavy atom. The first-order valence-corrected chi connectivity index (χ1v) is 8.82. The number of carbonyl (C=O) groups is 1. The lowest BCUT2D eigenvalue weighted by Crippen LogP contribution is -2.31. The van der Waals surface area contributed by atoms with Crippen molar-refractivity contribution in [2.24, 2.45) is 5.92 Å². The lowest BCUT2D eigenvalue weighted by molar-refractivity contribution is 0.131. The fourth-order valence-electron chi connectivity index (χ4n) is 2.51. The molecule has 7 heteroatoms. The summed E-state index contributed by atoms with van der Waals surface area (Å²) in [5.41, 5.74) is 1.60. The molecule has 0 unspecified atom stereocenters. The van der Waals surface area contributed by atoms with Gasteiger partial charge in [-0.1, -0.05) is 23.7 Å². The average molecular weight is 352 g/mol. The number of carbonyl (C=O) groups excluding carboxylic acids is 1. The number of amides is 1. The minimum atomic E-state index is -0.419. The summed E-state index contributed by atoms with van der Waals surface area (Å²) in [5.74, 6) is 0.450. The Kier molecular flexibility index (Phi) is 5.48. The number of nitrogens with one attached hydrogen (secondary N) is 2. The fourth-order valence-corrected chi connectivity index (χ4v) is 3.46. The maximum Gasteiger partial charge on any atom is 0.411 e. The zero-order valence-corrected chi connectivity index (χ0v) is 14.1. The molecule has 1 fully saturated rings. The van der Waals surface area contributed by atoms with Crippen LogP contribution in [0, 0.1) is 5.92 Å². The highest BCUT2D eigenvalue weighted by Gasteiger charge is 2.15. The second kappa shape index (κ2) is 7.77. The number of piperidine rings is 1. The van der Waals surface area contributed by atoms with Crippen LogP contribution < -0.4 is 10.6 Å². The van der Waals surface area contributed by atoms with Gasteiger partial charge in [0.1, 0.15) is 10.2 Å². The summed E-state index contributed by atoms with van der Waals surface area (Å²) in [6.07, 6.45) is 1.68. The molecule has 23 heavy (non-hydrogen) atoms. The first-order chi connectivity index (χ1) is 11.2. The molecule has 1 aliphatic heterocycles. The Bertz CT molecular complexity index is 671. The summed E-state index contributed by atoms with van der Waals surface area (Å²) >= 11 is 7.32. The summed E-state index contributed by atoms with van der Waals surface area (Å²) < 4.78 is 5.32. The third-order valence-electron chi connectivity index (χ3n) is 3.74. The molecule has 0 bridgehead atoms. The van der Waals surface area contributed by atoms with Crippen LogP contribution >= 0.6 is 22.9 Å². The van der Waals surface area contributed by atoms with Crippen molar-refractivity contribution >= 4 is 34.7 Å². The number of anilines is 1. The van der Waals surface area contributed by atoms with Crippen LogP contribution in [0.15, 0.2) is 29.6 Å². The van der Waals surface area contributed by atoms with Crippen LogP contribution in [0.5, 0.6) is 0 Å². The third-order valence-corrected chi connectivity index (χ3v) is 4.96.